The number of carboxylic acids is 1. The minimum Gasteiger partial charge on any atom is -0.481 e. The Morgan fingerprint density at radius 3 is 2.26 bits per heavy atom. The van der Waals surface area contributed by atoms with Gasteiger partial charge in [-0.3, -0.25) is 9.59 Å². The number of urea groups is 1. The number of hydrogen-bond donors (Lipinski definition) is 2. The van der Waals surface area contributed by atoms with Crippen LogP contribution in [-0.4, -0.2) is 66.5 Å². The van der Waals surface area contributed by atoms with Crippen LogP contribution in [0.1, 0.15) is 44.9 Å². The highest BCUT2D eigenvalue weighted by molar-refractivity contribution is 5.79. The summed E-state index contributed by atoms with van der Waals surface area (Å²) in [7, 11) is 3.47. The minimum atomic E-state index is -0.752. The molecule has 23 heavy (non-hydrogen) atoms. The predicted molar refractivity (Wildman–Crippen MR) is 87.1 cm³/mol. The van der Waals surface area contributed by atoms with Crippen molar-refractivity contribution in [3.05, 3.63) is 0 Å². The molecule has 7 nitrogen and oxygen atoms in total. The van der Waals surface area contributed by atoms with E-state index in [-0.39, 0.29) is 24.3 Å². The number of carbonyl (C=O) groups is 3. The van der Waals surface area contributed by atoms with Crippen molar-refractivity contribution < 1.29 is 19.5 Å². The quantitative estimate of drug-likeness (QED) is 0.662. The lowest BCUT2D eigenvalue weighted by Gasteiger charge is -2.33. The lowest BCUT2D eigenvalue weighted by atomic mass is 9.96. The van der Waals surface area contributed by atoms with Gasteiger partial charge in [-0.05, 0) is 25.7 Å². The van der Waals surface area contributed by atoms with Crippen molar-refractivity contribution in [2.75, 3.05) is 33.7 Å². The molecule has 0 aliphatic carbocycles. The van der Waals surface area contributed by atoms with Gasteiger partial charge in [-0.2, -0.15) is 0 Å². The first-order valence-electron chi connectivity index (χ1n) is 8.37. The van der Waals surface area contributed by atoms with Crippen molar-refractivity contribution in [2.24, 2.45) is 5.92 Å². The SMILES string of the molecule is CN(C)C(=O)N1CCC(C(=O)NCCCCCCC(=O)O)CC1. The molecular weight excluding hydrogens is 298 g/mol. The predicted octanol–water partition coefficient (Wildman–Crippen LogP) is 1.53. The van der Waals surface area contributed by atoms with Crippen LogP contribution in [0.15, 0.2) is 0 Å². The Balaban J connectivity index is 2.10. The summed E-state index contributed by atoms with van der Waals surface area (Å²) in [6.45, 7) is 1.90. The van der Waals surface area contributed by atoms with E-state index in [1.807, 2.05) is 0 Å². The van der Waals surface area contributed by atoms with E-state index in [0.29, 0.717) is 38.9 Å². The van der Waals surface area contributed by atoms with E-state index in [1.165, 1.54) is 0 Å². The second kappa shape index (κ2) is 10.1. The van der Waals surface area contributed by atoms with E-state index in [2.05, 4.69) is 5.32 Å². The number of likely N-dealkylation sites (tertiary alicyclic amines) is 1. The standard InChI is InChI=1S/C16H29N3O4/c1-18(2)16(23)19-11-8-13(9-12-19)15(22)17-10-6-4-3-5-7-14(20)21/h13H,3-12H2,1-2H3,(H,17,22)(H,20,21). The van der Waals surface area contributed by atoms with Gasteiger partial charge in [0.2, 0.25) is 5.91 Å². The average molecular weight is 327 g/mol. The topological polar surface area (TPSA) is 90.0 Å². The van der Waals surface area contributed by atoms with Crippen LogP contribution in [0, 0.1) is 5.92 Å². The van der Waals surface area contributed by atoms with Gasteiger partial charge in [0.25, 0.3) is 0 Å². The Labute approximate surface area is 138 Å². The molecule has 0 bridgehead atoms. The highest BCUT2D eigenvalue weighted by Crippen LogP contribution is 2.18. The van der Waals surface area contributed by atoms with Gasteiger partial charge in [0.15, 0.2) is 0 Å². The second-order valence-corrected chi connectivity index (χ2v) is 6.29. The normalized spacial score (nSPS) is 15.3. The largest absolute Gasteiger partial charge is 0.481 e. The number of carbonyl (C=O) groups excluding carboxylic acids is 2. The average Bonchev–Trinajstić information content (AvgIpc) is 2.52. The first-order valence-corrected chi connectivity index (χ1v) is 8.37. The monoisotopic (exact) mass is 327 g/mol. The van der Waals surface area contributed by atoms with Gasteiger partial charge in [-0.15, -0.1) is 0 Å². The summed E-state index contributed by atoms with van der Waals surface area (Å²) in [6, 6.07) is 0.00483. The van der Waals surface area contributed by atoms with Gasteiger partial charge in [-0.1, -0.05) is 12.8 Å². The van der Waals surface area contributed by atoms with Gasteiger partial charge in [-0.25, -0.2) is 4.79 Å². The molecule has 1 rings (SSSR count). The summed E-state index contributed by atoms with van der Waals surface area (Å²) in [6.07, 6.45) is 5.03. The Hall–Kier alpha value is -1.79. The summed E-state index contributed by atoms with van der Waals surface area (Å²) in [5, 5.41) is 11.5. The number of rotatable bonds is 8. The van der Waals surface area contributed by atoms with Crippen LogP contribution in [0.3, 0.4) is 0 Å². The molecule has 0 spiro atoms. The number of nitrogens with one attached hydrogen (secondary N) is 1. The number of hydrogen-bond acceptors (Lipinski definition) is 3. The van der Waals surface area contributed by atoms with Gasteiger partial charge in [0.1, 0.15) is 0 Å². The summed E-state index contributed by atoms with van der Waals surface area (Å²) in [5.41, 5.74) is 0. The fourth-order valence-electron chi connectivity index (χ4n) is 2.73. The Morgan fingerprint density at radius 2 is 1.70 bits per heavy atom. The molecule has 0 saturated carbocycles. The molecule has 3 amide bonds. The first kappa shape index (κ1) is 19.3. The summed E-state index contributed by atoms with van der Waals surface area (Å²) >= 11 is 0. The zero-order valence-corrected chi connectivity index (χ0v) is 14.2. The number of aliphatic carboxylic acids is 1. The molecular formula is C16H29N3O4. The number of amides is 3. The van der Waals surface area contributed by atoms with Crippen LogP contribution in [0.25, 0.3) is 0 Å². The van der Waals surface area contributed by atoms with Gasteiger partial charge in [0.05, 0.1) is 0 Å². The fourth-order valence-corrected chi connectivity index (χ4v) is 2.73. The Bertz CT molecular complexity index is 404. The van der Waals surface area contributed by atoms with Crippen molar-refractivity contribution in [1.82, 2.24) is 15.1 Å². The highest BCUT2D eigenvalue weighted by atomic mass is 16.4. The number of carboxylic acid groups (broad SMARTS) is 1. The molecule has 1 fully saturated rings. The van der Waals surface area contributed by atoms with Gasteiger partial charge >= 0.3 is 12.0 Å². The van der Waals surface area contributed by atoms with Crippen molar-refractivity contribution in [2.45, 2.75) is 44.9 Å². The smallest absolute Gasteiger partial charge is 0.319 e. The number of nitrogens with zero attached hydrogens (tertiary/aromatic N) is 2. The van der Waals surface area contributed by atoms with Crippen LogP contribution in [-0.2, 0) is 9.59 Å². The third-order valence-corrected chi connectivity index (χ3v) is 4.14. The van der Waals surface area contributed by atoms with E-state index in [1.54, 1.807) is 23.9 Å². The third-order valence-electron chi connectivity index (χ3n) is 4.14. The van der Waals surface area contributed by atoms with E-state index >= 15 is 0 Å². The molecule has 1 heterocycles. The molecule has 2 N–H and O–H groups in total. The summed E-state index contributed by atoms with van der Waals surface area (Å²) < 4.78 is 0. The zero-order chi connectivity index (χ0) is 17.2. The van der Waals surface area contributed by atoms with Crippen LogP contribution < -0.4 is 5.32 Å². The van der Waals surface area contributed by atoms with Crippen LogP contribution in [0.5, 0.6) is 0 Å². The highest BCUT2D eigenvalue weighted by Gasteiger charge is 2.27. The minimum absolute atomic E-state index is 0.00483. The van der Waals surface area contributed by atoms with E-state index in [4.69, 9.17) is 5.11 Å². The molecule has 0 aromatic heterocycles. The Kier molecular flexibility index (Phi) is 8.43. The molecule has 1 aliphatic heterocycles. The van der Waals surface area contributed by atoms with Gasteiger partial charge < -0.3 is 20.2 Å². The van der Waals surface area contributed by atoms with Crippen LogP contribution >= 0.6 is 0 Å². The maximum Gasteiger partial charge on any atom is 0.319 e. The van der Waals surface area contributed by atoms with E-state index in [9.17, 15) is 14.4 Å². The van der Waals surface area contributed by atoms with Crippen molar-refractivity contribution in [1.29, 1.82) is 0 Å². The van der Waals surface area contributed by atoms with Crippen molar-refractivity contribution in [3.8, 4) is 0 Å². The molecule has 0 atom stereocenters. The molecule has 0 unspecified atom stereocenters. The fraction of sp³-hybridized carbons (Fsp3) is 0.812. The number of unbranched alkanes of at least 4 members (excludes halogenated alkanes) is 3. The molecule has 0 aromatic carbocycles. The summed E-state index contributed by atoms with van der Waals surface area (Å²) in [5.74, 6) is -0.682. The van der Waals surface area contributed by atoms with E-state index in [0.717, 1.165) is 19.3 Å². The maximum absolute atomic E-state index is 12.1. The van der Waals surface area contributed by atoms with Crippen molar-refractivity contribution >= 4 is 17.9 Å². The van der Waals surface area contributed by atoms with Gasteiger partial charge in [0, 0.05) is 46.1 Å². The molecule has 1 saturated heterocycles. The lowest BCUT2D eigenvalue weighted by molar-refractivity contribution is -0.137. The third kappa shape index (κ3) is 7.34. The van der Waals surface area contributed by atoms with E-state index < -0.39 is 5.97 Å². The second-order valence-electron chi connectivity index (χ2n) is 6.29. The first-order chi connectivity index (χ1) is 10.9. The molecule has 1 aliphatic rings. The van der Waals surface area contributed by atoms with Crippen LogP contribution in [0.2, 0.25) is 0 Å². The van der Waals surface area contributed by atoms with Crippen molar-refractivity contribution in [3.63, 3.8) is 0 Å². The summed E-state index contributed by atoms with van der Waals surface area (Å²) in [4.78, 5) is 37.6. The Morgan fingerprint density at radius 1 is 1.09 bits per heavy atom. The molecule has 0 aromatic rings. The molecule has 7 heteroatoms. The maximum atomic E-state index is 12.1. The molecule has 0 radical (unpaired) electrons. The molecule has 132 valence electrons. The van der Waals surface area contributed by atoms with Crippen LogP contribution in [0.4, 0.5) is 4.79 Å². The number of piperidine rings is 1. The lowest BCUT2D eigenvalue weighted by Crippen LogP contribution is -2.46. The zero-order valence-electron chi connectivity index (χ0n) is 14.2.